The van der Waals surface area contributed by atoms with Gasteiger partial charge >= 0.3 is 0 Å². The van der Waals surface area contributed by atoms with Gasteiger partial charge in [0.05, 0.1) is 12.2 Å². The summed E-state index contributed by atoms with van der Waals surface area (Å²) in [5.74, 6) is 0.688. The first kappa shape index (κ1) is 15.6. The summed E-state index contributed by atoms with van der Waals surface area (Å²) in [7, 11) is 0. The van der Waals surface area contributed by atoms with E-state index in [1.807, 2.05) is 13.1 Å². The van der Waals surface area contributed by atoms with E-state index in [2.05, 4.69) is 34.8 Å². The number of amides is 1. The van der Waals surface area contributed by atoms with Gasteiger partial charge in [-0.2, -0.15) is 0 Å². The van der Waals surface area contributed by atoms with Crippen molar-refractivity contribution in [2.45, 2.75) is 46.2 Å². The molecule has 1 unspecified atom stereocenters. The third kappa shape index (κ3) is 6.91. The number of nitrogens with zero attached hydrogens (tertiary/aromatic N) is 3. The van der Waals surface area contributed by atoms with Gasteiger partial charge in [0, 0.05) is 19.3 Å². The molecule has 1 heterocycles. The van der Waals surface area contributed by atoms with E-state index < -0.39 is 0 Å². The number of carbonyl (C=O) groups excluding carboxylic acids is 1. The van der Waals surface area contributed by atoms with Gasteiger partial charge in [0.2, 0.25) is 5.91 Å². The summed E-state index contributed by atoms with van der Waals surface area (Å²) < 4.78 is 1.79. The molecule has 0 aliphatic rings. The Morgan fingerprint density at radius 2 is 2.11 bits per heavy atom. The highest BCUT2D eigenvalue weighted by Gasteiger charge is 2.10. The first-order valence-electron chi connectivity index (χ1n) is 6.94. The minimum atomic E-state index is -0.150. The van der Waals surface area contributed by atoms with Gasteiger partial charge in [0.15, 0.2) is 0 Å². The summed E-state index contributed by atoms with van der Waals surface area (Å²) in [5, 5.41) is 13.8. The van der Waals surface area contributed by atoms with Gasteiger partial charge in [-0.25, -0.2) is 0 Å². The topological polar surface area (TPSA) is 71.8 Å². The Morgan fingerprint density at radius 3 is 2.74 bits per heavy atom. The van der Waals surface area contributed by atoms with E-state index in [1.165, 1.54) is 0 Å². The Bertz CT molecular complexity index is 350. The van der Waals surface area contributed by atoms with Crippen molar-refractivity contribution < 1.29 is 4.79 Å². The molecule has 6 nitrogen and oxygen atoms in total. The highest BCUT2D eigenvalue weighted by Crippen LogP contribution is 1.96. The largest absolute Gasteiger partial charge is 0.355 e. The summed E-state index contributed by atoms with van der Waals surface area (Å²) in [4.78, 5) is 11.7. The van der Waals surface area contributed by atoms with Gasteiger partial charge in [-0.15, -0.1) is 5.10 Å². The second-order valence-electron chi connectivity index (χ2n) is 5.17. The molecule has 1 aromatic heterocycles. The van der Waals surface area contributed by atoms with Crippen LogP contribution in [0.3, 0.4) is 0 Å². The van der Waals surface area contributed by atoms with E-state index in [1.54, 1.807) is 10.9 Å². The number of rotatable bonds is 9. The third-order valence-electron chi connectivity index (χ3n) is 2.90. The monoisotopic (exact) mass is 267 g/mol. The van der Waals surface area contributed by atoms with E-state index in [-0.39, 0.29) is 11.9 Å². The van der Waals surface area contributed by atoms with Crippen molar-refractivity contribution in [3.63, 3.8) is 0 Å². The first-order chi connectivity index (χ1) is 9.09. The maximum Gasteiger partial charge on any atom is 0.236 e. The number of hydrogen-bond acceptors (Lipinski definition) is 4. The van der Waals surface area contributed by atoms with Crippen LogP contribution in [0.15, 0.2) is 12.4 Å². The zero-order valence-corrected chi connectivity index (χ0v) is 12.1. The molecule has 0 aliphatic carbocycles. The summed E-state index contributed by atoms with van der Waals surface area (Å²) >= 11 is 0. The van der Waals surface area contributed by atoms with Crippen LogP contribution in [0.1, 0.15) is 33.6 Å². The molecule has 1 amide bonds. The molecule has 19 heavy (non-hydrogen) atoms. The molecule has 108 valence electrons. The van der Waals surface area contributed by atoms with Crippen molar-refractivity contribution in [2.24, 2.45) is 5.92 Å². The molecule has 0 saturated carbocycles. The van der Waals surface area contributed by atoms with Crippen LogP contribution in [0.5, 0.6) is 0 Å². The fourth-order valence-corrected chi connectivity index (χ4v) is 1.64. The van der Waals surface area contributed by atoms with Gasteiger partial charge < -0.3 is 10.6 Å². The third-order valence-corrected chi connectivity index (χ3v) is 2.90. The van der Waals surface area contributed by atoms with E-state index in [9.17, 15) is 4.79 Å². The van der Waals surface area contributed by atoms with Gasteiger partial charge in [-0.05, 0) is 32.2 Å². The van der Waals surface area contributed by atoms with E-state index in [0.717, 1.165) is 32.5 Å². The van der Waals surface area contributed by atoms with E-state index in [4.69, 9.17) is 0 Å². The van der Waals surface area contributed by atoms with Crippen LogP contribution >= 0.6 is 0 Å². The molecular weight excluding hydrogens is 242 g/mol. The molecule has 0 aliphatic heterocycles. The average Bonchev–Trinajstić information content (AvgIpc) is 2.86. The molecule has 0 radical (unpaired) electrons. The molecule has 0 saturated heterocycles. The lowest BCUT2D eigenvalue weighted by Crippen LogP contribution is -2.43. The Balaban J connectivity index is 2.06. The Labute approximate surface area is 115 Å². The predicted molar refractivity (Wildman–Crippen MR) is 74.6 cm³/mol. The zero-order chi connectivity index (χ0) is 14.1. The summed E-state index contributed by atoms with van der Waals surface area (Å²) in [6, 6.07) is -0.150. The maximum absolute atomic E-state index is 11.7. The maximum atomic E-state index is 11.7. The second kappa shape index (κ2) is 8.63. The minimum absolute atomic E-state index is 0.0707. The van der Waals surface area contributed by atoms with Crippen molar-refractivity contribution in [2.75, 3.05) is 13.1 Å². The molecular formula is C13H25N5O. The number of aromatic nitrogens is 3. The fraction of sp³-hybridized carbons (Fsp3) is 0.769. The lowest BCUT2D eigenvalue weighted by Gasteiger charge is -2.14. The zero-order valence-electron chi connectivity index (χ0n) is 12.1. The summed E-state index contributed by atoms with van der Waals surface area (Å²) in [6.07, 6.45) is 5.44. The number of hydrogen-bond donors (Lipinski definition) is 2. The highest BCUT2D eigenvalue weighted by atomic mass is 16.2. The fourth-order valence-electron chi connectivity index (χ4n) is 1.64. The standard InChI is InChI=1S/C13H25N5O/c1-11(2)5-7-15-13(19)12(3)14-6-4-9-18-10-8-16-17-18/h8,10-12,14H,4-7,9H2,1-3H3,(H,15,19). The molecule has 1 aromatic rings. The number of carbonyl (C=O) groups is 1. The SMILES string of the molecule is CC(C)CCNC(=O)C(C)NCCCn1ccnn1. The molecule has 1 rings (SSSR count). The smallest absolute Gasteiger partial charge is 0.236 e. The first-order valence-corrected chi connectivity index (χ1v) is 6.94. The summed E-state index contributed by atoms with van der Waals surface area (Å²) in [6.45, 7) is 8.55. The van der Waals surface area contributed by atoms with Crippen molar-refractivity contribution in [1.82, 2.24) is 25.6 Å². The summed E-state index contributed by atoms with van der Waals surface area (Å²) in [5.41, 5.74) is 0. The van der Waals surface area contributed by atoms with E-state index >= 15 is 0 Å². The lowest BCUT2D eigenvalue weighted by molar-refractivity contribution is -0.122. The van der Waals surface area contributed by atoms with Crippen molar-refractivity contribution in [3.05, 3.63) is 12.4 Å². The van der Waals surface area contributed by atoms with Crippen LogP contribution in [-0.2, 0) is 11.3 Å². The lowest BCUT2D eigenvalue weighted by atomic mass is 10.1. The number of aryl methyl sites for hydroxylation is 1. The predicted octanol–water partition coefficient (Wildman–Crippen LogP) is 0.809. The van der Waals surface area contributed by atoms with Gasteiger partial charge in [-0.1, -0.05) is 19.1 Å². The van der Waals surface area contributed by atoms with E-state index in [0.29, 0.717) is 5.92 Å². The molecule has 0 spiro atoms. The van der Waals surface area contributed by atoms with Crippen molar-refractivity contribution in [1.29, 1.82) is 0 Å². The normalized spacial score (nSPS) is 12.6. The van der Waals surface area contributed by atoms with Crippen LogP contribution in [0, 0.1) is 5.92 Å². The molecule has 2 N–H and O–H groups in total. The molecule has 0 fully saturated rings. The van der Waals surface area contributed by atoms with Gasteiger partial charge in [-0.3, -0.25) is 9.48 Å². The minimum Gasteiger partial charge on any atom is -0.355 e. The quantitative estimate of drug-likeness (QED) is 0.649. The Hall–Kier alpha value is -1.43. The highest BCUT2D eigenvalue weighted by molar-refractivity contribution is 5.81. The van der Waals surface area contributed by atoms with Gasteiger partial charge in [0.25, 0.3) is 0 Å². The average molecular weight is 267 g/mol. The molecule has 0 aromatic carbocycles. The van der Waals surface area contributed by atoms with Crippen LogP contribution in [0.25, 0.3) is 0 Å². The molecule has 0 bridgehead atoms. The molecule has 1 atom stereocenters. The van der Waals surface area contributed by atoms with Crippen molar-refractivity contribution in [3.8, 4) is 0 Å². The van der Waals surface area contributed by atoms with Crippen LogP contribution in [0.4, 0.5) is 0 Å². The second-order valence-corrected chi connectivity index (χ2v) is 5.17. The van der Waals surface area contributed by atoms with Crippen LogP contribution in [-0.4, -0.2) is 40.0 Å². The van der Waals surface area contributed by atoms with Crippen molar-refractivity contribution >= 4 is 5.91 Å². The molecule has 6 heteroatoms. The van der Waals surface area contributed by atoms with Gasteiger partial charge in [0.1, 0.15) is 0 Å². The Kier molecular flexibility index (Phi) is 7.10. The van der Waals surface area contributed by atoms with Crippen LogP contribution < -0.4 is 10.6 Å². The number of nitrogens with one attached hydrogen (secondary N) is 2. The Morgan fingerprint density at radius 1 is 1.32 bits per heavy atom. The van der Waals surface area contributed by atoms with Crippen LogP contribution in [0.2, 0.25) is 0 Å².